The van der Waals surface area contributed by atoms with Gasteiger partial charge in [0.15, 0.2) is 5.78 Å². The van der Waals surface area contributed by atoms with E-state index in [1.165, 1.54) is 6.92 Å². The maximum atomic E-state index is 11.6. The SMILES string of the molecule is CC(=O)NC1=C(C(C)=O)[C@H]2[C@H](C1)C2(C)C. The molecule has 2 atom stereocenters. The Kier molecular flexibility index (Phi) is 2.04. The third kappa shape index (κ3) is 1.41. The predicted octanol–water partition coefficient (Wildman–Crippen LogP) is 1.64. The van der Waals surface area contributed by atoms with Gasteiger partial charge in [-0.05, 0) is 30.6 Å². The molecule has 0 aliphatic heterocycles. The van der Waals surface area contributed by atoms with Crippen LogP contribution in [0.3, 0.4) is 0 Å². The minimum atomic E-state index is -0.0807. The quantitative estimate of drug-likeness (QED) is 0.748. The van der Waals surface area contributed by atoms with E-state index in [0.29, 0.717) is 11.8 Å². The van der Waals surface area contributed by atoms with E-state index in [1.54, 1.807) is 6.92 Å². The molecule has 3 nitrogen and oxygen atoms in total. The van der Waals surface area contributed by atoms with Crippen molar-refractivity contribution in [3.05, 3.63) is 11.3 Å². The summed E-state index contributed by atoms with van der Waals surface area (Å²) >= 11 is 0. The highest BCUT2D eigenvalue weighted by Gasteiger charge is 2.63. The summed E-state index contributed by atoms with van der Waals surface area (Å²) in [6, 6.07) is 0. The molecule has 0 bridgehead atoms. The molecule has 1 N–H and O–H groups in total. The van der Waals surface area contributed by atoms with Gasteiger partial charge in [-0.1, -0.05) is 13.8 Å². The summed E-state index contributed by atoms with van der Waals surface area (Å²) in [5.74, 6) is 0.954. The third-order valence-electron chi connectivity index (χ3n) is 3.82. The van der Waals surface area contributed by atoms with Gasteiger partial charge in [-0.25, -0.2) is 0 Å². The average Bonchev–Trinajstić information content (AvgIpc) is 2.49. The van der Waals surface area contributed by atoms with Gasteiger partial charge in [0.1, 0.15) is 0 Å². The molecule has 82 valence electrons. The predicted molar refractivity (Wildman–Crippen MR) is 56.9 cm³/mol. The Labute approximate surface area is 89.9 Å². The van der Waals surface area contributed by atoms with Crippen LogP contribution in [-0.2, 0) is 9.59 Å². The zero-order valence-corrected chi connectivity index (χ0v) is 9.68. The second kappa shape index (κ2) is 2.94. The van der Waals surface area contributed by atoms with Gasteiger partial charge in [-0.3, -0.25) is 9.59 Å². The number of carbonyl (C=O) groups excluding carboxylic acids is 2. The molecule has 0 spiro atoms. The summed E-state index contributed by atoms with van der Waals surface area (Å²) in [5, 5.41) is 2.79. The Balaban J connectivity index is 2.29. The van der Waals surface area contributed by atoms with Crippen molar-refractivity contribution < 1.29 is 9.59 Å². The van der Waals surface area contributed by atoms with Gasteiger partial charge in [0.05, 0.1) is 0 Å². The molecule has 0 aromatic heterocycles. The van der Waals surface area contributed by atoms with Crippen LogP contribution in [0, 0.1) is 17.3 Å². The Morgan fingerprint density at radius 2 is 1.93 bits per heavy atom. The number of ketones is 1. The first-order chi connectivity index (χ1) is 6.85. The number of fused-ring (bicyclic) bond motifs is 1. The number of allylic oxidation sites excluding steroid dienone is 2. The Bertz CT molecular complexity index is 379. The summed E-state index contributed by atoms with van der Waals surface area (Å²) < 4.78 is 0. The lowest BCUT2D eigenvalue weighted by molar-refractivity contribution is -0.118. The Hall–Kier alpha value is -1.12. The number of hydrogen-bond acceptors (Lipinski definition) is 2. The molecule has 0 unspecified atom stereocenters. The van der Waals surface area contributed by atoms with E-state index in [2.05, 4.69) is 19.2 Å². The van der Waals surface area contributed by atoms with Crippen LogP contribution < -0.4 is 5.32 Å². The fourth-order valence-corrected chi connectivity index (χ4v) is 2.98. The Morgan fingerprint density at radius 1 is 1.33 bits per heavy atom. The van der Waals surface area contributed by atoms with Crippen LogP contribution in [0.25, 0.3) is 0 Å². The lowest BCUT2D eigenvalue weighted by Crippen LogP contribution is -2.23. The number of nitrogens with one attached hydrogen (secondary N) is 1. The van der Waals surface area contributed by atoms with Crippen LogP contribution in [0.4, 0.5) is 0 Å². The maximum absolute atomic E-state index is 11.6. The van der Waals surface area contributed by atoms with Crippen molar-refractivity contribution in [1.29, 1.82) is 0 Å². The summed E-state index contributed by atoms with van der Waals surface area (Å²) in [7, 11) is 0. The second-order valence-corrected chi connectivity index (χ2v) is 5.24. The molecule has 0 saturated heterocycles. The van der Waals surface area contributed by atoms with Gasteiger partial charge in [-0.2, -0.15) is 0 Å². The summed E-state index contributed by atoms with van der Waals surface area (Å²) in [5.41, 5.74) is 1.98. The van der Waals surface area contributed by atoms with E-state index in [9.17, 15) is 9.59 Å². The van der Waals surface area contributed by atoms with Crippen molar-refractivity contribution in [1.82, 2.24) is 5.32 Å². The molecule has 0 aromatic carbocycles. The van der Waals surface area contributed by atoms with Crippen LogP contribution in [-0.4, -0.2) is 11.7 Å². The minimum Gasteiger partial charge on any atom is -0.330 e. The zero-order chi connectivity index (χ0) is 11.4. The molecule has 1 amide bonds. The summed E-state index contributed by atoms with van der Waals surface area (Å²) in [4.78, 5) is 22.5. The molecule has 0 aromatic rings. The fourth-order valence-electron chi connectivity index (χ4n) is 2.98. The monoisotopic (exact) mass is 207 g/mol. The maximum Gasteiger partial charge on any atom is 0.221 e. The van der Waals surface area contributed by atoms with Crippen molar-refractivity contribution in [2.75, 3.05) is 0 Å². The minimum absolute atomic E-state index is 0.0807. The number of carbonyl (C=O) groups is 2. The van der Waals surface area contributed by atoms with Gasteiger partial charge >= 0.3 is 0 Å². The van der Waals surface area contributed by atoms with Gasteiger partial charge in [0, 0.05) is 18.2 Å². The molecule has 2 aliphatic carbocycles. The molecule has 1 fully saturated rings. The second-order valence-electron chi connectivity index (χ2n) is 5.24. The average molecular weight is 207 g/mol. The van der Waals surface area contributed by atoms with E-state index in [4.69, 9.17) is 0 Å². The highest BCUT2D eigenvalue weighted by Crippen LogP contribution is 2.68. The number of hydrogen-bond donors (Lipinski definition) is 1. The van der Waals surface area contributed by atoms with Crippen molar-refractivity contribution in [2.24, 2.45) is 17.3 Å². The third-order valence-corrected chi connectivity index (χ3v) is 3.82. The van der Waals surface area contributed by atoms with Crippen LogP contribution >= 0.6 is 0 Å². The zero-order valence-electron chi connectivity index (χ0n) is 9.68. The smallest absolute Gasteiger partial charge is 0.221 e. The van der Waals surface area contributed by atoms with Crippen molar-refractivity contribution >= 4 is 11.7 Å². The van der Waals surface area contributed by atoms with Gasteiger partial charge in [0.2, 0.25) is 5.91 Å². The molecular formula is C12H17NO2. The Morgan fingerprint density at radius 3 is 2.40 bits per heavy atom. The fraction of sp³-hybridized carbons (Fsp3) is 0.667. The van der Waals surface area contributed by atoms with Crippen molar-refractivity contribution in [3.63, 3.8) is 0 Å². The first-order valence-corrected chi connectivity index (χ1v) is 5.37. The molecule has 1 saturated carbocycles. The standard InChI is InChI=1S/C12H17NO2/c1-6(14)10-9(13-7(2)15)5-8-11(10)12(8,3)4/h8,11H,5H2,1-4H3,(H,13,15)/t8-,11+/m0/s1. The molecule has 0 heterocycles. The lowest BCUT2D eigenvalue weighted by Gasteiger charge is -2.14. The van der Waals surface area contributed by atoms with Crippen LogP contribution in [0.1, 0.15) is 34.1 Å². The molecule has 2 rings (SSSR count). The van der Waals surface area contributed by atoms with Crippen molar-refractivity contribution in [3.8, 4) is 0 Å². The van der Waals surface area contributed by atoms with Crippen molar-refractivity contribution in [2.45, 2.75) is 34.1 Å². The highest BCUT2D eigenvalue weighted by atomic mass is 16.1. The lowest BCUT2D eigenvalue weighted by atomic mass is 9.96. The normalized spacial score (nSPS) is 31.2. The van der Waals surface area contributed by atoms with Gasteiger partial charge in [-0.15, -0.1) is 0 Å². The van der Waals surface area contributed by atoms with Crippen LogP contribution in [0.2, 0.25) is 0 Å². The summed E-state index contributed by atoms with van der Waals surface area (Å²) in [6.45, 7) is 7.46. The molecule has 3 heteroatoms. The van der Waals surface area contributed by atoms with Gasteiger partial charge in [0.25, 0.3) is 0 Å². The first kappa shape index (κ1) is 10.4. The van der Waals surface area contributed by atoms with Gasteiger partial charge < -0.3 is 5.32 Å². The van der Waals surface area contributed by atoms with E-state index in [-0.39, 0.29) is 17.1 Å². The van der Waals surface area contributed by atoms with E-state index in [0.717, 1.165) is 17.7 Å². The molecule has 15 heavy (non-hydrogen) atoms. The number of Topliss-reactive ketones (excluding diaryl/α,β-unsaturated/α-hetero) is 1. The number of rotatable bonds is 2. The van der Waals surface area contributed by atoms with Crippen LogP contribution in [0.15, 0.2) is 11.3 Å². The molecular weight excluding hydrogens is 190 g/mol. The van der Waals surface area contributed by atoms with E-state index in [1.807, 2.05) is 0 Å². The number of amides is 1. The van der Waals surface area contributed by atoms with E-state index >= 15 is 0 Å². The first-order valence-electron chi connectivity index (χ1n) is 5.37. The molecule has 0 radical (unpaired) electrons. The largest absolute Gasteiger partial charge is 0.330 e. The molecule has 2 aliphatic rings. The highest BCUT2D eigenvalue weighted by molar-refractivity contribution is 5.97. The van der Waals surface area contributed by atoms with Crippen LogP contribution in [0.5, 0.6) is 0 Å². The topological polar surface area (TPSA) is 46.2 Å². The van der Waals surface area contributed by atoms with E-state index < -0.39 is 0 Å². The summed E-state index contributed by atoms with van der Waals surface area (Å²) in [6.07, 6.45) is 0.853.